The highest BCUT2D eigenvalue weighted by atomic mass is 19.1. The number of halogens is 1. The molecule has 1 fully saturated rings. The summed E-state index contributed by atoms with van der Waals surface area (Å²) in [5.74, 6) is 0.532. The van der Waals surface area contributed by atoms with Crippen molar-refractivity contribution >= 4 is 18.1 Å². The number of aliphatic hydroxyl groups excluding tert-OH is 1. The quantitative estimate of drug-likeness (QED) is 0.159. The van der Waals surface area contributed by atoms with Gasteiger partial charge in [0.25, 0.3) is 0 Å². The van der Waals surface area contributed by atoms with Gasteiger partial charge in [0.1, 0.15) is 6.17 Å². The Bertz CT molecular complexity index is 1230. The molecule has 3 aromatic rings. The van der Waals surface area contributed by atoms with Gasteiger partial charge in [-0.25, -0.2) is 9.38 Å². The lowest BCUT2D eigenvalue weighted by Gasteiger charge is -2.28. The molecular formula is C32H39FN2O4. The summed E-state index contributed by atoms with van der Waals surface area (Å²) in [6, 6.07) is 19.8. The van der Waals surface area contributed by atoms with Crippen molar-refractivity contribution in [1.29, 1.82) is 0 Å². The van der Waals surface area contributed by atoms with Crippen molar-refractivity contribution in [2.24, 2.45) is 4.99 Å². The summed E-state index contributed by atoms with van der Waals surface area (Å²) in [7, 11) is 1.32. The van der Waals surface area contributed by atoms with Crippen LogP contribution in [0.4, 0.5) is 10.1 Å². The number of esters is 1. The largest absolute Gasteiger partial charge is 0.469 e. The van der Waals surface area contributed by atoms with E-state index >= 15 is 0 Å². The smallest absolute Gasteiger partial charge is 0.308 e. The molecule has 1 aliphatic rings. The number of ether oxygens (including phenoxy) is 2. The second-order valence-corrected chi connectivity index (χ2v) is 10.5. The summed E-state index contributed by atoms with van der Waals surface area (Å²) >= 11 is 0. The number of aliphatic hydroxyl groups is 1. The Morgan fingerprint density at radius 2 is 1.72 bits per heavy atom. The van der Waals surface area contributed by atoms with Gasteiger partial charge in [-0.1, -0.05) is 62.4 Å². The summed E-state index contributed by atoms with van der Waals surface area (Å²) in [5, 5.41) is 10.6. The molecule has 0 aliphatic heterocycles. The molecule has 0 amide bonds. The van der Waals surface area contributed by atoms with E-state index in [1.54, 1.807) is 0 Å². The minimum atomic E-state index is -0.835. The summed E-state index contributed by atoms with van der Waals surface area (Å²) < 4.78 is 27.6. The summed E-state index contributed by atoms with van der Waals surface area (Å²) in [6.45, 7) is 4.74. The molecular weight excluding hydrogens is 495 g/mol. The molecule has 0 saturated heterocycles. The first kappa shape index (κ1) is 28.6. The van der Waals surface area contributed by atoms with Crippen molar-refractivity contribution in [3.8, 4) is 16.9 Å². The minimum Gasteiger partial charge on any atom is -0.469 e. The maximum absolute atomic E-state index is 14.2. The van der Waals surface area contributed by atoms with Crippen molar-refractivity contribution in [3.05, 3.63) is 72.1 Å². The third-order valence-corrected chi connectivity index (χ3v) is 7.39. The number of rotatable bonds is 11. The average Bonchev–Trinajstić information content (AvgIpc) is 3.27. The molecule has 1 heterocycles. The van der Waals surface area contributed by atoms with Crippen LogP contribution < -0.4 is 4.74 Å². The predicted octanol–water partition coefficient (Wildman–Crippen LogP) is 7.33. The van der Waals surface area contributed by atoms with E-state index in [4.69, 9.17) is 9.47 Å². The fourth-order valence-corrected chi connectivity index (χ4v) is 5.51. The zero-order chi connectivity index (χ0) is 27.8. The average molecular weight is 535 g/mol. The van der Waals surface area contributed by atoms with E-state index in [0.717, 1.165) is 46.8 Å². The van der Waals surface area contributed by atoms with Crippen LogP contribution in [0, 0.1) is 0 Å². The monoisotopic (exact) mass is 534 g/mol. The molecule has 1 saturated carbocycles. The lowest BCUT2D eigenvalue weighted by Crippen LogP contribution is -2.21. The molecule has 1 atom stereocenters. The molecule has 4 rings (SSSR count). The van der Waals surface area contributed by atoms with Crippen LogP contribution in [-0.2, 0) is 16.1 Å². The maximum Gasteiger partial charge on any atom is 0.308 e. The molecule has 1 aliphatic carbocycles. The van der Waals surface area contributed by atoms with Gasteiger partial charge in [0, 0.05) is 23.7 Å². The second-order valence-electron chi connectivity index (χ2n) is 10.5. The van der Waals surface area contributed by atoms with Crippen LogP contribution in [0.2, 0.25) is 0 Å². The van der Waals surface area contributed by atoms with Gasteiger partial charge < -0.3 is 19.1 Å². The molecule has 0 bridgehead atoms. The van der Waals surface area contributed by atoms with Gasteiger partial charge in [-0.15, -0.1) is 0 Å². The first-order valence-corrected chi connectivity index (χ1v) is 13.8. The molecule has 2 aromatic carbocycles. The van der Waals surface area contributed by atoms with Gasteiger partial charge in [-0.05, 0) is 55.7 Å². The second kappa shape index (κ2) is 13.6. The normalized spacial score (nSPS) is 18.4. The third-order valence-electron chi connectivity index (χ3n) is 7.39. The SMILES string of the molecule is COC(=O)C[C@H](O)CCn1c(C(C)C)c(OC=Nc2ccccc2)c(-c2ccccc2)c1C1CCC(F)CC1. The molecule has 6 nitrogen and oxygen atoms in total. The van der Waals surface area contributed by atoms with Crippen LogP contribution in [0.25, 0.3) is 11.1 Å². The Morgan fingerprint density at radius 3 is 2.33 bits per heavy atom. The van der Waals surface area contributed by atoms with Crippen molar-refractivity contribution in [3.63, 3.8) is 0 Å². The number of carbonyl (C=O) groups is 1. The number of hydrogen-bond acceptors (Lipinski definition) is 5. The van der Waals surface area contributed by atoms with Crippen LogP contribution in [0.5, 0.6) is 5.75 Å². The Labute approximate surface area is 230 Å². The van der Waals surface area contributed by atoms with Gasteiger partial charge in [-0.2, -0.15) is 0 Å². The molecule has 1 aromatic heterocycles. The number of nitrogens with zero attached hydrogens (tertiary/aromatic N) is 2. The topological polar surface area (TPSA) is 73.0 Å². The van der Waals surface area contributed by atoms with Gasteiger partial charge in [0.15, 0.2) is 12.2 Å². The summed E-state index contributed by atoms with van der Waals surface area (Å²) in [4.78, 5) is 16.3. The fourth-order valence-electron chi connectivity index (χ4n) is 5.51. The molecule has 0 radical (unpaired) electrons. The lowest BCUT2D eigenvalue weighted by molar-refractivity contribution is -0.142. The zero-order valence-corrected chi connectivity index (χ0v) is 23.1. The highest BCUT2D eigenvalue weighted by Crippen LogP contribution is 2.48. The number of para-hydroxylation sites is 1. The molecule has 39 heavy (non-hydrogen) atoms. The van der Waals surface area contributed by atoms with Crippen molar-refractivity contribution < 1.29 is 23.8 Å². The van der Waals surface area contributed by atoms with Gasteiger partial charge in [0.2, 0.25) is 0 Å². The van der Waals surface area contributed by atoms with E-state index in [-0.39, 0.29) is 18.3 Å². The Morgan fingerprint density at radius 1 is 1.08 bits per heavy atom. The number of aliphatic imine (C=N–C) groups is 1. The van der Waals surface area contributed by atoms with Crippen LogP contribution in [0.3, 0.4) is 0 Å². The van der Waals surface area contributed by atoms with Gasteiger partial charge in [0.05, 0.1) is 31.0 Å². The van der Waals surface area contributed by atoms with E-state index in [1.807, 2.05) is 48.5 Å². The Hall–Kier alpha value is -3.45. The number of aromatic nitrogens is 1. The molecule has 1 N–H and O–H groups in total. The van der Waals surface area contributed by atoms with Gasteiger partial charge in [-0.3, -0.25) is 4.79 Å². The highest BCUT2D eigenvalue weighted by molar-refractivity contribution is 5.79. The van der Waals surface area contributed by atoms with Crippen molar-refractivity contribution in [2.75, 3.05) is 7.11 Å². The number of carbonyl (C=O) groups excluding carboxylic acids is 1. The number of alkyl halides is 1. The Balaban J connectivity index is 1.83. The first-order chi connectivity index (χ1) is 18.9. The minimum absolute atomic E-state index is 0.0598. The highest BCUT2D eigenvalue weighted by Gasteiger charge is 2.33. The Kier molecular flexibility index (Phi) is 9.93. The number of methoxy groups -OCH3 is 1. The van der Waals surface area contributed by atoms with E-state index in [9.17, 15) is 14.3 Å². The molecule has 0 spiro atoms. The summed E-state index contributed by atoms with van der Waals surface area (Å²) in [5.41, 5.74) is 4.90. The van der Waals surface area contributed by atoms with Gasteiger partial charge >= 0.3 is 5.97 Å². The zero-order valence-electron chi connectivity index (χ0n) is 23.1. The van der Waals surface area contributed by atoms with Crippen molar-refractivity contribution in [2.45, 2.75) is 83.0 Å². The summed E-state index contributed by atoms with van der Waals surface area (Å²) in [6.07, 6.45) is 2.73. The van der Waals surface area contributed by atoms with Crippen LogP contribution in [0.15, 0.2) is 65.7 Å². The molecule has 0 unspecified atom stereocenters. The van der Waals surface area contributed by atoms with E-state index in [2.05, 4.69) is 35.5 Å². The number of benzene rings is 2. The predicted molar refractivity (Wildman–Crippen MR) is 153 cm³/mol. The molecule has 208 valence electrons. The van der Waals surface area contributed by atoms with Crippen LogP contribution in [0.1, 0.15) is 75.6 Å². The third kappa shape index (κ3) is 7.15. The van der Waals surface area contributed by atoms with Crippen LogP contribution >= 0.6 is 0 Å². The van der Waals surface area contributed by atoms with Crippen molar-refractivity contribution in [1.82, 2.24) is 4.57 Å². The maximum atomic E-state index is 14.2. The van der Waals surface area contributed by atoms with Crippen LogP contribution in [-0.4, -0.2) is 41.4 Å². The standard InChI is InChI=1S/C32H39FN2O4/c1-22(2)30-32(39-21-34-26-12-8-5-9-13-26)29(23-10-6-4-7-11-23)31(24-14-16-25(33)17-15-24)35(30)19-18-27(36)20-28(37)38-3/h4-13,21-22,24-25,27,36H,14-20H2,1-3H3/t24?,25?,27-/m1/s1. The molecule has 7 heteroatoms. The van der Waals surface area contributed by atoms with E-state index in [0.29, 0.717) is 25.8 Å². The van der Waals surface area contributed by atoms with E-state index in [1.165, 1.54) is 13.5 Å². The lowest BCUT2D eigenvalue weighted by atomic mass is 9.83. The van der Waals surface area contributed by atoms with E-state index < -0.39 is 18.2 Å². The fraction of sp³-hybridized carbons (Fsp3) is 0.438. The number of hydrogen-bond donors (Lipinski definition) is 1. The first-order valence-electron chi connectivity index (χ1n) is 13.8.